The van der Waals surface area contributed by atoms with Crippen LogP contribution in [0.5, 0.6) is 0 Å². The Kier molecular flexibility index (Phi) is 3.07. The van der Waals surface area contributed by atoms with Gasteiger partial charge in [0.2, 0.25) is 0 Å². The van der Waals surface area contributed by atoms with Gasteiger partial charge in [-0.1, -0.05) is 20.3 Å². The molecule has 3 aliphatic rings. The first kappa shape index (κ1) is 13.3. The molecule has 0 spiro atoms. The lowest BCUT2D eigenvalue weighted by atomic mass is 9.48. The molecule has 0 N–H and O–H groups in total. The number of fused-ring (bicyclic) bond motifs is 3. The topological polar surface area (TPSA) is 9.23 Å². The van der Waals surface area contributed by atoms with Crippen LogP contribution in [0, 0.1) is 17.3 Å². The summed E-state index contributed by atoms with van der Waals surface area (Å²) in [6, 6.07) is 0. The van der Waals surface area contributed by atoms with Crippen molar-refractivity contribution in [1.82, 2.24) is 0 Å². The summed E-state index contributed by atoms with van der Waals surface area (Å²) in [5, 5.41) is 0. The maximum Gasteiger partial charge on any atom is 0.0688 e. The molecule has 104 valence electrons. The molecule has 0 radical (unpaired) electrons. The summed E-state index contributed by atoms with van der Waals surface area (Å²) in [4.78, 5) is 0. The molecule has 1 unspecified atom stereocenters. The van der Waals surface area contributed by atoms with Gasteiger partial charge in [0.05, 0.1) is 5.60 Å². The van der Waals surface area contributed by atoms with Crippen molar-refractivity contribution in [2.45, 2.75) is 76.1 Å². The fourth-order valence-corrected chi connectivity index (χ4v) is 6.23. The van der Waals surface area contributed by atoms with Crippen molar-refractivity contribution in [1.29, 1.82) is 0 Å². The highest BCUT2D eigenvalue weighted by Gasteiger charge is 2.59. The van der Waals surface area contributed by atoms with E-state index in [2.05, 4.69) is 20.8 Å². The van der Waals surface area contributed by atoms with Crippen molar-refractivity contribution in [2.24, 2.45) is 17.3 Å². The molecule has 1 aliphatic heterocycles. The quantitative estimate of drug-likeness (QED) is 0.638. The van der Waals surface area contributed by atoms with Crippen LogP contribution >= 0.6 is 12.6 Å². The van der Waals surface area contributed by atoms with E-state index in [-0.39, 0.29) is 10.3 Å². The summed E-state index contributed by atoms with van der Waals surface area (Å²) in [6.45, 7) is 8.28. The SMILES string of the molecule is CC1(S)CCC[C@]2(C)[C@H]3CCCO[C@]3(C)CC[C@@H]12. The summed E-state index contributed by atoms with van der Waals surface area (Å²) >= 11 is 5.04. The van der Waals surface area contributed by atoms with Crippen molar-refractivity contribution in [3.05, 3.63) is 0 Å². The van der Waals surface area contributed by atoms with Crippen molar-refractivity contribution < 1.29 is 4.74 Å². The monoisotopic (exact) mass is 268 g/mol. The summed E-state index contributed by atoms with van der Waals surface area (Å²) in [5.41, 5.74) is 0.618. The largest absolute Gasteiger partial charge is 0.375 e. The van der Waals surface area contributed by atoms with Crippen LogP contribution in [-0.4, -0.2) is 17.0 Å². The van der Waals surface area contributed by atoms with Crippen molar-refractivity contribution in [3.63, 3.8) is 0 Å². The molecule has 0 aromatic heterocycles. The Morgan fingerprint density at radius 1 is 0.944 bits per heavy atom. The second-order valence-corrected chi connectivity index (χ2v) is 8.69. The predicted octanol–water partition coefficient (Wildman–Crippen LogP) is 4.46. The van der Waals surface area contributed by atoms with E-state index >= 15 is 0 Å². The van der Waals surface area contributed by atoms with Gasteiger partial charge in [-0.2, -0.15) is 12.6 Å². The molecule has 2 heteroatoms. The lowest BCUT2D eigenvalue weighted by molar-refractivity contribution is -0.198. The highest BCUT2D eigenvalue weighted by Crippen LogP contribution is 2.63. The van der Waals surface area contributed by atoms with Crippen LogP contribution in [0.2, 0.25) is 0 Å². The van der Waals surface area contributed by atoms with Gasteiger partial charge in [0.25, 0.3) is 0 Å². The molecule has 1 heterocycles. The Bertz CT molecular complexity index is 340. The van der Waals surface area contributed by atoms with Crippen molar-refractivity contribution >= 4 is 12.6 Å². The van der Waals surface area contributed by atoms with E-state index in [0.717, 1.165) is 18.4 Å². The van der Waals surface area contributed by atoms with Crippen LogP contribution in [0.4, 0.5) is 0 Å². The Morgan fingerprint density at radius 3 is 2.50 bits per heavy atom. The van der Waals surface area contributed by atoms with Crippen LogP contribution < -0.4 is 0 Å². The minimum atomic E-state index is 0.157. The lowest BCUT2D eigenvalue weighted by Gasteiger charge is -2.63. The second kappa shape index (κ2) is 4.15. The maximum atomic E-state index is 6.23. The fourth-order valence-electron chi connectivity index (χ4n) is 5.65. The highest BCUT2D eigenvalue weighted by molar-refractivity contribution is 7.81. The first-order valence-electron chi connectivity index (χ1n) is 7.75. The summed E-state index contributed by atoms with van der Waals surface area (Å²) < 4.78 is 6.47. The van der Waals surface area contributed by atoms with Gasteiger partial charge in [0.1, 0.15) is 0 Å². The zero-order valence-electron chi connectivity index (χ0n) is 12.2. The van der Waals surface area contributed by atoms with Gasteiger partial charge >= 0.3 is 0 Å². The molecule has 0 aromatic carbocycles. The van der Waals surface area contributed by atoms with Gasteiger partial charge in [0.15, 0.2) is 0 Å². The Hall–Kier alpha value is 0.310. The number of hydrogen-bond donors (Lipinski definition) is 1. The van der Waals surface area contributed by atoms with Crippen molar-refractivity contribution in [3.8, 4) is 0 Å². The third-order valence-corrected chi connectivity index (χ3v) is 7.01. The van der Waals surface area contributed by atoms with Gasteiger partial charge in [-0.05, 0) is 62.7 Å². The van der Waals surface area contributed by atoms with Gasteiger partial charge in [-0.15, -0.1) is 0 Å². The molecule has 2 aliphatic carbocycles. The smallest absolute Gasteiger partial charge is 0.0688 e. The van der Waals surface area contributed by atoms with Crippen LogP contribution in [0.1, 0.15) is 65.7 Å². The van der Waals surface area contributed by atoms with Crippen LogP contribution in [0.25, 0.3) is 0 Å². The normalized spacial score (nSPS) is 56.7. The van der Waals surface area contributed by atoms with Gasteiger partial charge in [-0.3, -0.25) is 0 Å². The molecule has 1 nitrogen and oxygen atoms in total. The minimum absolute atomic E-state index is 0.157. The van der Waals surface area contributed by atoms with Gasteiger partial charge in [-0.25, -0.2) is 0 Å². The predicted molar refractivity (Wildman–Crippen MR) is 79.2 cm³/mol. The summed E-state index contributed by atoms with van der Waals surface area (Å²) in [7, 11) is 0. The molecule has 1 saturated heterocycles. The number of rotatable bonds is 0. The number of hydrogen-bond acceptors (Lipinski definition) is 2. The molecule has 2 saturated carbocycles. The highest BCUT2D eigenvalue weighted by atomic mass is 32.1. The molecular weight excluding hydrogens is 240 g/mol. The standard InChI is InChI=1S/C16H28OS/c1-14-8-5-9-16(3,18)13(14)7-10-15(2)12(14)6-4-11-17-15/h12-13,18H,4-11H2,1-3H3/t12-,13-,14-,15-,16?/m1/s1. The van der Waals surface area contributed by atoms with Crippen LogP contribution in [0.15, 0.2) is 0 Å². The third-order valence-electron chi connectivity index (χ3n) is 6.48. The fraction of sp³-hybridized carbons (Fsp3) is 1.00. The molecule has 5 atom stereocenters. The Labute approximate surface area is 117 Å². The number of ether oxygens (including phenoxy) is 1. The maximum absolute atomic E-state index is 6.23. The molecule has 0 bridgehead atoms. The van der Waals surface area contributed by atoms with E-state index < -0.39 is 0 Å². The first-order valence-corrected chi connectivity index (χ1v) is 8.20. The van der Waals surface area contributed by atoms with E-state index in [0.29, 0.717) is 5.41 Å². The molecule has 3 rings (SSSR count). The van der Waals surface area contributed by atoms with Crippen LogP contribution in [-0.2, 0) is 4.74 Å². The van der Waals surface area contributed by atoms with Crippen LogP contribution in [0.3, 0.4) is 0 Å². The average molecular weight is 268 g/mol. The average Bonchev–Trinajstić information content (AvgIpc) is 2.27. The van der Waals surface area contributed by atoms with E-state index in [4.69, 9.17) is 17.4 Å². The Balaban J connectivity index is 1.96. The molecule has 0 amide bonds. The molecule has 0 aromatic rings. The summed E-state index contributed by atoms with van der Waals surface area (Å²) in [6.07, 6.45) is 9.20. The van der Waals surface area contributed by atoms with Gasteiger partial charge in [0, 0.05) is 11.4 Å². The molecular formula is C16H28OS. The van der Waals surface area contributed by atoms with E-state index in [1.807, 2.05) is 0 Å². The third kappa shape index (κ3) is 1.78. The second-order valence-electron chi connectivity index (χ2n) is 7.66. The van der Waals surface area contributed by atoms with E-state index in [9.17, 15) is 0 Å². The molecule has 3 fully saturated rings. The number of thiol groups is 1. The van der Waals surface area contributed by atoms with Crippen molar-refractivity contribution in [2.75, 3.05) is 6.61 Å². The van der Waals surface area contributed by atoms with E-state index in [1.54, 1.807) is 0 Å². The molecule has 18 heavy (non-hydrogen) atoms. The first-order chi connectivity index (χ1) is 8.39. The van der Waals surface area contributed by atoms with Gasteiger partial charge < -0.3 is 4.74 Å². The summed E-state index contributed by atoms with van der Waals surface area (Å²) in [5.74, 6) is 1.53. The zero-order chi connectivity index (χ0) is 13.0. The van der Waals surface area contributed by atoms with E-state index in [1.165, 1.54) is 44.9 Å². The minimum Gasteiger partial charge on any atom is -0.375 e. The zero-order valence-corrected chi connectivity index (χ0v) is 13.1. The Morgan fingerprint density at radius 2 is 1.72 bits per heavy atom. The lowest BCUT2D eigenvalue weighted by Crippen LogP contribution is -2.60.